The van der Waals surface area contributed by atoms with E-state index in [1.165, 1.54) is 18.2 Å². The van der Waals surface area contributed by atoms with Crippen LogP contribution in [0, 0.1) is 5.82 Å². The lowest BCUT2D eigenvalue weighted by molar-refractivity contribution is 0.0951. The van der Waals surface area contributed by atoms with Gasteiger partial charge in [-0.1, -0.05) is 40.9 Å². The molecule has 0 aliphatic rings. The molecule has 2 aromatic carbocycles. The Labute approximate surface area is 130 Å². The van der Waals surface area contributed by atoms with E-state index in [1.54, 1.807) is 18.2 Å². The molecule has 0 aliphatic heterocycles. The molecular formula is C14H9Cl3FNO. The van der Waals surface area contributed by atoms with E-state index in [0.717, 1.165) is 0 Å². The van der Waals surface area contributed by atoms with Crippen molar-refractivity contribution in [1.82, 2.24) is 5.32 Å². The molecule has 2 rings (SSSR count). The maximum atomic E-state index is 13.0. The van der Waals surface area contributed by atoms with Gasteiger partial charge in [-0.3, -0.25) is 4.79 Å². The largest absolute Gasteiger partial charge is 0.348 e. The number of carbonyl (C=O) groups is 1. The Bertz CT molecular complexity index is 661. The topological polar surface area (TPSA) is 29.1 Å². The fourth-order valence-electron chi connectivity index (χ4n) is 1.57. The molecular weight excluding hydrogens is 324 g/mol. The zero-order valence-electron chi connectivity index (χ0n) is 10.1. The smallest absolute Gasteiger partial charge is 0.251 e. The molecule has 0 aromatic heterocycles. The van der Waals surface area contributed by atoms with Crippen LogP contribution in [-0.2, 0) is 6.54 Å². The number of benzene rings is 2. The second-order valence-corrected chi connectivity index (χ2v) is 5.28. The van der Waals surface area contributed by atoms with Crippen molar-refractivity contribution in [1.29, 1.82) is 0 Å². The van der Waals surface area contributed by atoms with Crippen molar-refractivity contribution in [3.05, 3.63) is 68.4 Å². The van der Waals surface area contributed by atoms with Crippen LogP contribution in [0.5, 0.6) is 0 Å². The number of halogens is 4. The van der Waals surface area contributed by atoms with Crippen molar-refractivity contribution >= 4 is 40.7 Å². The SMILES string of the molecule is O=C(NCc1ccc(F)c(Cl)c1)c1ccc(Cl)c(Cl)c1. The highest BCUT2D eigenvalue weighted by molar-refractivity contribution is 6.42. The maximum Gasteiger partial charge on any atom is 0.251 e. The van der Waals surface area contributed by atoms with Crippen LogP contribution < -0.4 is 5.32 Å². The van der Waals surface area contributed by atoms with Gasteiger partial charge in [0.05, 0.1) is 15.1 Å². The molecule has 0 saturated heterocycles. The Hall–Kier alpha value is -1.29. The van der Waals surface area contributed by atoms with E-state index in [1.807, 2.05) is 0 Å². The van der Waals surface area contributed by atoms with Crippen LogP contribution in [0.15, 0.2) is 36.4 Å². The van der Waals surface area contributed by atoms with Crippen LogP contribution in [0.25, 0.3) is 0 Å². The van der Waals surface area contributed by atoms with Gasteiger partial charge in [-0.2, -0.15) is 0 Å². The highest BCUT2D eigenvalue weighted by Crippen LogP contribution is 2.22. The van der Waals surface area contributed by atoms with Gasteiger partial charge in [0.1, 0.15) is 5.82 Å². The minimum atomic E-state index is -0.494. The van der Waals surface area contributed by atoms with Crippen molar-refractivity contribution in [3.63, 3.8) is 0 Å². The van der Waals surface area contributed by atoms with Gasteiger partial charge in [-0.05, 0) is 35.9 Å². The maximum absolute atomic E-state index is 13.0. The molecule has 1 amide bonds. The van der Waals surface area contributed by atoms with E-state index in [2.05, 4.69) is 5.32 Å². The second-order valence-electron chi connectivity index (χ2n) is 4.06. The summed E-state index contributed by atoms with van der Waals surface area (Å²) in [6, 6.07) is 8.87. The first-order chi connectivity index (χ1) is 9.47. The molecule has 2 aromatic rings. The van der Waals surface area contributed by atoms with Crippen LogP contribution in [0.4, 0.5) is 4.39 Å². The summed E-state index contributed by atoms with van der Waals surface area (Å²) >= 11 is 17.3. The van der Waals surface area contributed by atoms with Crippen molar-refractivity contribution in [2.24, 2.45) is 0 Å². The zero-order chi connectivity index (χ0) is 14.7. The van der Waals surface area contributed by atoms with Gasteiger partial charge >= 0.3 is 0 Å². The van der Waals surface area contributed by atoms with Crippen LogP contribution in [0.2, 0.25) is 15.1 Å². The Morgan fingerprint density at radius 3 is 2.40 bits per heavy atom. The van der Waals surface area contributed by atoms with Gasteiger partial charge < -0.3 is 5.32 Å². The summed E-state index contributed by atoms with van der Waals surface area (Å²) < 4.78 is 13.0. The first-order valence-electron chi connectivity index (χ1n) is 5.64. The number of carbonyl (C=O) groups excluding carboxylic acids is 1. The van der Waals surface area contributed by atoms with Crippen molar-refractivity contribution < 1.29 is 9.18 Å². The summed E-state index contributed by atoms with van der Waals surface area (Å²) in [6.45, 7) is 0.235. The van der Waals surface area contributed by atoms with E-state index in [0.29, 0.717) is 21.2 Å². The molecule has 0 radical (unpaired) electrons. The molecule has 0 atom stereocenters. The predicted octanol–water partition coefficient (Wildman–Crippen LogP) is 4.72. The molecule has 0 heterocycles. The first-order valence-corrected chi connectivity index (χ1v) is 6.78. The Morgan fingerprint density at radius 2 is 1.75 bits per heavy atom. The highest BCUT2D eigenvalue weighted by atomic mass is 35.5. The highest BCUT2D eigenvalue weighted by Gasteiger charge is 2.08. The summed E-state index contributed by atoms with van der Waals surface area (Å²) in [6.07, 6.45) is 0. The quantitative estimate of drug-likeness (QED) is 0.866. The van der Waals surface area contributed by atoms with Crippen molar-refractivity contribution in [2.45, 2.75) is 6.54 Å². The number of nitrogens with one attached hydrogen (secondary N) is 1. The lowest BCUT2D eigenvalue weighted by Crippen LogP contribution is -2.22. The fourth-order valence-corrected chi connectivity index (χ4v) is 2.07. The third kappa shape index (κ3) is 3.63. The van der Waals surface area contributed by atoms with Gasteiger partial charge in [0, 0.05) is 12.1 Å². The van der Waals surface area contributed by atoms with Crippen LogP contribution >= 0.6 is 34.8 Å². The standard InChI is InChI=1S/C14H9Cl3FNO/c15-10-3-2-9(6-11(10)16)14(20)19-7-8-1-4-13(18)12(17)5-8/h1-6H,7H2,(H,19,20). The van der Waals surface area contributed by atoms with Gasteiger partial charge in [0.25, 0.3) is 5.91 Å². The van der Waals surface area contributed by atoms with Gasteiger partial charge in [0.2, 0.25) is 0 Å². The molecule has 0 bridgehead atoms. The van der Waals surface area contributed by atoms with Gasteiger partial charge in [-0.15, -0.1) is 0 Å². The second kappa shape index (κ2) is 6.44. The predicted molar refractivity (Wildman–Crippen MR) is 79.0 cm³/mol. The Balaban J connectivity index is 2.04. The lowest BCUT2D eigenvalue weighted by atomic mass is 10.2. The summed E-state index contributed by atoms with van der Waals surface area (Å²) in [5.41, 5.74) is 1.09. The minimum absolute atomic E-state index is 0.0197. The van der Waals surface area contributed by atoms with E-state index in [9.17, 15) is 9.18 Å². The molecule has 0 aliphatic carbocycles. The van der Waals surface area contributed by atoms with Gasteiger partial charge in [0.15, 0.2) is 0 Å². The fraction of sp³-hybridized carbons (Fsp3) is 0.0714. The molecule has 0 fully saturated rings. The number of hydrogen-bond acceptors (Lipinski definition) is 1. The van der Waals surface area contributed by atoms with Crippen molar-refractivity contribution in [2.75, 3.05) is 0 Å². The third-order valence-corrected chi connectivity index (χ3v) is 3.65. The molecule has 2 nitrogen and oxygen atoms in total. The monoisotopic (exact) mass is 331 g/mol. The average molecular weight is 333 g/mol. The molecule has 104 valence electrons. The molecule has 0 saturated carbocycles. The van der Waals surface area contributed by atoms with E-state index >= 15 is 0 Å². The molecule has 1 N–H and O–H groups in total. The van der Waals surface area contributed by atoms with E-state index in [-0.39, 0.29) is 17.5 Å². The molecule has 20 heavy (non-hydrogen) atoms. The summed E-state index contributed by atoms with van der Waals surface area (Å²) in [4.78, 5) is 11.9. The van der Waals surface area contributed by atoms with Crippen LogP contribution in [0.1, 0.15) is 15.9 Å². The molecule has 6 heteroatoms. The van der Waals surface area contributed by atoms with Crippen LogP contribution in [0.3, 0.4) is 0 Å². The number of rotatable bonds is 3. The van der Waals surface area contributed by atoms with Crippen molar-refractivity contribution in [3.8, 4) is 0 Å². The van der Waals surface area contributed by atoms with E-state index in [4.69, 9.17) is 34.8 Å². The summed E-state index contributed by atoms with van der Waals surface area (Å²) in [7, 11) is 0. The number of amides is 1. The normalized spacial score (nSPS) is 10.4. The third-order valence-electron chi connectivity index (χ3n) is 2.62. The summed E-state index contributed by atoms with van der Waals surface area (Å²) in [5, 5.41) is 3.40. The number of hydrogen-bond donors (Lipinski definition) is 1. The minimum Gasteiger partial charge on any atom is -0.348 e. The lowest BCUT2D eigenvalue weighted by Gasteiger charge is -2.07. The summed E-state index contributed by atoms with van der Waals surface area (Å²) in [5.74, 6) is -0.796. The Morgan fingerprint density at radius 1 is 1.00 bits per heavy atom. The molecule has 0 spiro atoms. The average Bonchev–Trinajstić information content (AvgIpc) is 2.43. The van der Waals surface area contributed by atoms with E-state index < -0.39 is 5.82 Å². The molecule has 0 unspecified atom stereocenters. The van der Waals surface area contributed by atoms with Gasteiger partial charge in [-0.25, -0.2) is 4.39 Å². The zero-order valence-corrected chi connectivity index (χ0v) is 12.4. The van der Waals surface area contributed by atoms with Crippen LogP contribution in [-0.4, -0.2) is 5.91 Å². The Kier molecular flexibility index (Phi) is 4.86. The first kappa shape index (κ1) is 15.1.